The van der Waals surface area contributed by atoms with Gasteiger partial charge in [-0.25, -0.2) is 0 Å². The van der Waals surface area contributed by atoms with Crippen LogP contribution in [0.1, 0.15) is 31.7 Å². The number of anilines is 1. The average Bonchev–Trinajstić information content (AvgIpc) is 2.55. The lowest BCUT2D eigenvalue weighted by Gasteiger charge is -2.23. The molecule has 0 radical (unpaired) electrons. The molecule has 0 aromatic heterocycles. The van der Waals surface area contributed by atoms with Gasteiger partial charge in [-0.3, -0.25) is 14.9 Å². The highest BCUT2D eigenvalue weighted by Gasteiger charge is 2.20. The third-order valence-corrected chi connectivity index (χ3v) is 3.85. The Bertz CT molecular complexity index is 570. The number of rotatable bonds is 6. The number of nitro benzene ring substituents is 1. The SMILES string of the molecule is Cc1ccc(NC(=O)[C@H](C)OC[C@@H]2CCCCO2)cc1[N+](=O)[O-]. The summed E-state index contributed by atoms with van der Waals surface area (Å²) in [6.45, 7) is 4.42. The Morgan fingerprint density at radius 2 is 2.30 bits per heavy atom. The van der Waals surface area contributed by atoms with Crippen molar-refractivity contribution in [3.63, 3.8) is 0 Å². The fraction of sp³-hybridized carbons (Fsp3) is 0.562. The molecule has 1 aliphatic rings. The number of aryl methyl sites for hydroxylation is 1. The lowest BCUT2D eigenvalue weighted by atomic mass is 10.1. The maximum atomic E-state index is 12.1. The number of nitrogens with zero attached hydrogens (tertiary/aromatic N) is 1. The van der Waals surface area contributed by atoms with E-state index in [0.29, 0.717) is 17.9 Å². The number of carbonyl (C=O) groups is 1. The number of amides is 1. The van der Waals surface area contributed by atoms with Crippen LogP contribution in [0.5, 0.6) is 0 Å². The Morgan fingerprint density at radius 3 is 2.96 bits per heavy atom. The third kappa shape index (κ3) is 5.01. The number of nitro groups is 1. The van der Waals surface area contributed by atoms with Crippen molar-refractivity contribution < 1.29 is 19.2 Å². The summed E-state index contributed by atoms with van der Waals surface area (Å²) < 4.78 is 11.1. The molecule has 2 atom stereocenters. The van der Waals surface area contributed by atoms with Crippen LogP contribution < -0.4 is 5.32 Å². The van der Waals surface area contributed by atoms with Crippen LogP contribution in [0.25, 0.3) is 0 Å². The largest absolute Gasteiger partial charge is 0.376 e. The van der Waals surface area contributed by atoms with Gasteiger partial charge in [-0.2, -0.15) is 0 Å². The maximum Gasteiger partial charge on any atom is 0.274 e. The molecule has 1 aromatic rings. The molecule has 1 fully saturated rings. The van der Waals surface area contributed by atoms with Crippen molar-refractivity contribution in [2.24, 2.45) is 0 Å². The normalized spacial score (nSPS) is 19.1. The summed E-state index contributed by atoms with van der Waals surface area (Å²) in [5.41, 5.74) is 0.912. The first-order chi connectivity index (χ1) is 11.0. The van der Waals surface area contributed by atoms with Crippen molar-refractivity contribution in [1.82, 2.24) is 0 Å². The third-order valence-electron chi connectivity index (χ3n) is 3.85. The molecule has 1 heterocycles. The lowest BCUT2D eigenvalue weighted by molar-refractivity contribution is -0.385. The number of hydrogen-bond acceptors (Lipinski definition) is 5. The molecule has 0 spiro atoms. The van der Waals surface area contributed by atoms with E-state index in [1.54, 1.807) is 26.0 Å². The highest BCUT2D eigenvalue weighted by molar-refractivity contribution is 5.94. The van der Waals surface area contributed by atoms with Gasteiger partial charge >= 0.3 is 0 Å². The van der Waals surface area contributed by atoms with Crippen LogP contribution in [0.3, 0.4) is 0 Å². The summed E-state index contributed by atoms with van der Waals surface area (Å²) in [6, 6.07) is 4.59. The van der Waals surface area contributed by atoms with Crippen LogP contribution in [0.2, 0.25) is 0 Å². The van der Waals surface area contributed by atoms with Crippen molar-refractivity contribution in [3.8, 4) is 0 Å². The maximum absolute atomic E-state index is 12.1. The highest BCUT2D eigenvalue weighted by atomic mass is 16.6. The van der Waals surface area contributed by atoms with E-state index in [1.807, 2.05) is 0 Å². The van der Waals surface area contributed by atoms with Crippen LogP contribution >= 0.6 is 0 Å². The Morgan fingerprint density at radius 1 is 1.52 bits per heavy atom. The van der Waals surface area contributed by atoms with E-state index in [0.717, 1.165) is 25.9 Å². The van der Waals surface area contributed by atoms with Gasteiger partial charge in [0.05, 0.1) is 17.6 Å². The van der Waals surface area contributed by atoms with E-state index in [4.69, 9.17) is 9.47 Å². The van der Waals surface area contributed by atoms with E-state index in [2.05, 4.69) is 5.32 Å². The molecular formula is C16H22N2O5. The monoisotopic (exact) mass is 322 g/mol. The fourth-order valence-electron chi connectivity index (χ4n) is 2.39. The molecule has 7 heteroatoms. The molecule has 1 saturated heterocycles. The highest BCUT2D eigenvalue weighted by Crippen LogP contribution is 2.22. The van der Waals surface area contributed by atoms with E-state index in [1.165, 1.54) is 6.07 Å². The molecule has 126 valence electrons. The number of benzene rings is 1. The van der Waals surface area contributed by atoms with Crippen LogP contribution in [-0.4, -0.2) is 36.3 Å². The van der Waals surface area contributed by atoms with Gasteiger partial charge in [0.25, 0.3) is 11.6 Å². The zero-order valence-electron chi connectivity index (χ0n) is 13.4. The quantitative estimate of drug-likeness (QED) is 0.642. The van der Waals surface area contributed by atoms with Crippen molar-refractivity contribution in [3.05, 3.63) is 33.9 Å². The van der Waals surface area contributed by atoms with E-state index in [-0.39, 0.29) is 17.7 Å². The number of nitrogens with one attached hydrogen (secondary N) is 1. The van der Waals surface area contributed by atoms with Crippen LogP contribution in [-0.2, 0) is 14.3 Å². The van der Waals surface area contributed by atoms with E-state index in [9.17, 15) is 14.9 Å². The predicted molar refractivity (Wildman–Crippen MR) is 85.5 cm³/mol. The summed E-state index contributed by atoms with van der Waals surface area (Å²) >= 11 is 0. The van der Waals surface area contributed by atoms with Crippen molar-refractivity contribution in [2.75, 3.05) is 18.5 Å². The summed E-state index contributed by atoms with van der Waals surface area (Å²) in [5.74, 6) is -0.334. The van der Waals surface area contributed by atoms with Gasteiger partial charge in [-0.05, 0) is 39.2 Å². The first-order valence-electron chi connectivity index (χ1n) is 7.76. The molecule has 1 aromatic carbocycles. The second-order valence-corrected chi connectivity index (χ2v) is 5.71. The molecule has 1 amide bonds. The van der Waals surface area contributed by atoms with Crippen LogP contribution in [0, 0.1) is 17.0 Å². The zero-order chi connectivity index (χ0) is 16.8. The van der Waals surface area contributed by atoms with Crippen molar-refractivity contribution >= 4 is 17.3 Å². The second kappa shape index (κ2) is 8.03. The minimum atomic E-state index is -0.652. The van der Waals surface area contributed by atoms with Crippen molar-refractivity contribution in [2.45, 2.75) is 45.3 Å². The molecular weight excluding hydrogens is 300 g/mol. The molecule has 7 nitrogen and oxygen atoms in total. The second-order valence-electron chi connectivity index (χ2n) is 5.71. The minimum absolute atomic E-state index is 0.0213. The van der Waals surface area contributed by atoms with Crippen molar-refractivity contribution in [1.29, 1.82) is 0 Å². The summed E-state index contributed by atoms with van der Waals surface area (Å²) in [6.07, 6.45) is 2.51. The molecule has 0 bridgehead atoms. The van der Waals surface area contributed by atoms with E-state index < -0.39 is 11.0 Å². The first-order valence-corrected chi connectivity index (χ1v) is 7.76. The molecule has 0 saturated carbocycles. The standard InChI is InChI=1S/C16H22N2O5/c1-11-6-7-13(9-15(11)18(20)21)17-16(19)12(2)23-10-14-5-3-4-8-22-14/h6-7,9,12,14H,3-5,8,10H2,1-2H3,(H,17,19)/t12-,14-/m0/s1. The van der Waals surface area contributed by atoms with Gasteiger partial charge in [0, 0.05) is 23.9 Å². The zero-order valence-corrected chi connectivity index (χ0v) is 13.4. The first kappa shape index (κ1) is 17.4. The lowest BCUT2D eigenvalue weighted by Crippen LogP contribution is -2.32. The fourth-order valence-corrected chi connectivity index (χ4v) is 2.39. The van der Waals surface area contributed by atoms with Gasteiger partial charge in [-0.15, -0.1) is 0 Å². The number of carbonyl (C=O) groups excluding carboxylic acids is 1. The predicted octanol–water partition coefficient (Wildman–Crippen LogP) is 2.82. The van der Waals surface area contributed by atoms with Gasteiger partial charge in [0.15, 0.2) is 0 Å². The molecule has 2 rings (SSSR count). The Balaban J connectivity index is 1.87. The van der Waals surface area contributed by atoms with Gasteiger partial charge in [0.1, 0.15) is 6.10 Å². The Hall–Kier alpha value is -1.99. The van der Waals surface area contributed by atoms with Crippen LogP contribution in [0.4, 0.5) is 11.4 Å². The van der Waals surface area contributed by atoms with E-state index >= 15 is 0 Å². The average molecular weight is 322 g/mol. The van der Waals surface area contributed by atoms with Crippen LogP contribution in [0.15, 0.2) is 18.2 Å². The summed E-state index contributed by atoms with van der Waals surface area (Å²) in [5, 5.41) is 13.6. The smallest absolute Gasteiger partial charge is 0.274 e. The number of hydrogen-bond donors (Lipinski definition) is 1. The molecule has 23 heavy (non-hydrogen) atoms. The molecule has 0 aliphatic carbocycles. The Labute approximate surface area is 135 Å². The Kier molecular flexibility index (Phi) is 6.06. The summed E-state index contributed by atoms with van der Waals surface area (Å²) in [7, 11) is 0. The molecule has 1 aliphatic heterocycles. The van der Waals surface area contributed by atoms with Gasteiger partial charge in [-0.1, -0.05) is 6.07 Å². The number of ether oxygens (including phenoxy) is 2. The molecule has 0 unspecified atom stereocenters. The summed E-state index contributed by atoms with van der Waals surface area (Å²) in [4.78, 5) is 22.6. The van der Waals surface area contributed by atoms with Gasteiger partial charge in [0.2, 0.25) is 0 Å². The topological polar surface area (TPSA) is 90.7 Å². The van der Waals surface area contributed by atoms with Gasteiger partial charge < -0.3 is 14.8 Å². The molecule has 1 N–H and O–H groups in total. The minimum Gasteiger partial charge on any atom is -0.376 e.